The molecule has 1 saturated heterocycles. The monoisotopic (exact) mass is 480 g/mol. The molecule has 0 saturated carbocycles. The van der Waals surface area contributed by atoms with Crippen molar-refractivity contribution in [1.29, 1.82) is 0 Å². The molecule has 12 heteroatoms. The summed E-state index contributed by atoms with van der Waals surface area (Å²) in [5, 5.41) is 13.6. The molecule has 9 nitrogen and oxygen atoms in total. The number of benzene rings is 2. The Morgan fingerprint density at radius 1 is 1.12 bits per heavy atom. The molecule has 34 heavy (non-hydrogen) atoms. The molecule has 1 aliphatic rings. The van der Waals surface area contributed by atoms with Crippen LogP contribution in [-0.2, 0) is 11.0 Å². The van der Waals surface area contributed by atoms with Gasteiger partial charge >= 0.3 is 6.18 Å². The van der Waals surface area contributed by atoms with E-state index in [0.29, 0.717) is 19.6 Å². The van der Waals surface area contributed by atoms with Crippen LogP contribution < -0.4 is 10.1 Å². The van der Waals surface area contributed by atoms with Crippen LogP contribution in [0.15, 0.2) is 42.5 Å². The lowest BCUT2D eigenvalue weighted by molar-refractivity contribution is -0.384. The van der Waals surface area contributed by atoms with Gasteiger partial charge in [-0.2, -0.15) is 13.2 Å². The average Bonchev–Trinajstić information content (AvgIpc) is 2.82. The third-order valence-corrected chi connectivity index (χ3v) is 5.45. The highest BCUT2D eigenvalue weighted by molar-refractivity contribution is 5.96. The lowest BCUT2D eigenvalue weighted by Crippen LogP contribution is -2.49. The molecule has 0 unspecified atom stereocenters. The molecule has 2 aromatic rings. The van der Waals surface area contributed by atoms with Crippen LogP contribution in [0.2, 0.25) is 0 Å². The van der Waals surface area contributed by atoms with Crippen molar-refractivity contribution >= 4 is 23.2 Å². The standard InChI is InChI=1S/C22H23F3N4O5/c1-34-19-7-6-15(29(32)33)14-18(19)26-20(30)8-9-27-10-12-28(13-11-27)21(31)16-4-2-3-5-17(16)22(23,24)25/h2-7,14H,8-13H2,1H3,(H,26,30). The smallest absolute Gasteiger partial charge is 0.417 e. The van der Waals surface area contributed by atoms with Crippen molar-refractivity contribution < 1.29 is 32.4 Å². The average molecular weight is 480 g/mol. The van der Waals surface area contributed by atoms with Crippen molar-refractivity contribution in [3.05, 3.63) is 63.7 Å². The molecule has 0 bridgehead atoms. The van der Waals surface area contributed by atoms with Crippen molar-refractivity contribution in [2.75, 3.05) is 45.2 Å². The normalized spacial score (nSPS) is 14.5. The highest BCUT2D eigenvalue weighted by Crippen LogP contribution is 2.32. The molecule has 3 rings (SSSR count). The number of piperazine rings is 1. The Bertz CT molecular complexity index is 1070. The molecule has 182 valence electrons. The van der Waals surface area contributed by atoms with E-state index >= 15 is 0 Å². The second-order valence-electron chi connectivity index (χ2n) is 7.62. The summed E-state index contributed by atoms with van der Waals surface area (Å²) in [7, 11) is 1.38. The molecule has 0 radical (unpaired) electrons. The molecule has 1 heterocycles. The number of alkyl halides is 3. The quantitative estimate of drug-likeness (QED) is 0.481. The minimum absolute atomic E-state index is 0.0801. The molecule has 2 aromatic carbocycles. The Morgan fingerprint density at radius 2 is 1.79 bits per heavy atom. The number of hydrogen-bond donors (Lipinski definition) is 1. The summed E-state index contributed by atoms with van der Waals surface area (Å²) in [4.78, 5) is 38.7. The Morgan fingerprint density at radius 3 is 2.41 bits per heavy atom. The lowest BCUT2D eigenvalue weighted by Gasteiger charge is -2.35. The van der Waals surface area contributed by atoms with Crippen molar-refractivity contribution in [2.45, 2.75) is 12.6 Å². The number of methoxy groups -OCH3 is 1. The maximum Gasteiger partial charge on any atom is 0.417 e. The topological polar surface area (TPSA) is 105 Å². The molecule has 1 N–H and O–H groups in total. The second kappa shape index (κ2) is 10.5. The number of amides is 2. The van der Waals surface area contributed by atoms with Crippen LogP contribution in [-0.4, -0.2) is 66.4 Å². The number of ether oxygens (including phenoxy) is 1. The van der Waals surface area contributed by atoms with Gasteiger partial charge in [0.05, 0.1) is 28.8 Å². The van der Waals surface area contributed by atoms with E-state index in [1.807, 2.05) is 4.90 Å². The predicted molar refractivity (Wildman–Crippen MR) is 117 cm³/mol. The largest absolute Gasteiger partial charge is 0.495 e. The van der Waals surface area contributed by atoms with Crippen LogP contribution in [0.4, 0.5) is 24.5 Å². The molecule has 0 aromatic heterocycles. The van der Waals surface area contributed by atoms with Crippen molar-refractivity contribution in [2.24, 2.45) is 0 Å². The molecule has 0 spiro atoms. The molecule has 0 aliphatic carbocycles. The fourth-order valence-corrected chi connectivity index (χ4v) is 3.64. The zero-order chi connectivity index (χ0) is 24.9. The second-order valence-corrected chi connectivity index (χ2v) is 7.62. The summed E-state index contributed by atoms with van der Waals surface area (Å²) in [6.45, 7) is 1.60. The predicted octanol–water partition coefficient (Wildman–Crippen LogP) is 3.41. The maximum absolute atomic E-state index is 13.2. The van der Waals surface area contributed by atoms with Gasteiger partial charge in [-0.05, 0) is 18.2 Å². The molecule has 0 atom stereocenters. The fourth-order valence-electron chi connectivity index (χ4n) is 3.64. The number of nitrogens with one attached hydrogen (secondary N) is 1. The lowest BCUT2D eigenvalue weighted by atomic mass is 10.1. The number of nitrogens with zero attached hydrogens (tertiary/aromatic N) is 3. The minimum Gasteiger partial charge on any atom is -0.495 e. The van der Waals surface area contributed by atoms with E-state index in [4.69, 9.17) is 4.74 Å². The SMILES string of the molecule is COc1ccc([N+](=O)[O-])cc1NC(=O)CCN1CCN(C(=O)c2ccccc2C(F)(F)F)CC1. The highest BCUT2D eigenvalue weighted by atomic mass is 19.4. The van der Waals surface area contributed by atoms with E-state index in [0.717, 1.165) is 6.07 Å². The van der Waals surface area contributed by atoms with Crippen LogP contribution in [0.3, 0.4) is 0 Å². The summed E-state index contributed by atoms with van der Waals surface area (Å²) in [6.07, 6.45) is -4.54. The summed E-state index contributed by atoms with van der Waals surface area (Å²) in [5.41, 5.74) is -1.35. The zero-order valence-electron chi connectivity index (χ0n) is 18.3. The van der Waals surface area contributed by atoms with Gasteiger partial charge in [-0.3, -0.25) is 24.6 Å². The number of carbonyl (C=O) groups is 2. The van der Waals surface area contributed by atoms with E-state index < -0.39 is 22.6 Å². The third-order valence-electron chi connectivity index (χ3n) is 5.45. The Balaban J connectivity index is 1.53. The maximum atomic E-state index is 13.2. The Labute approximate surface area is 193 Å². The van der Waals surface area contributed by atoms with Gasteiger partial charge in [0.15, 0.2) is 0 Å². The number of carbonyl (C=O) groups excluding carboxylic acids is 2. The van der Waals surface area contributed by atoms with E-state index in [2.05, 4.69) is 5.32 Å². The summed E-state index contributed by atoms with van der Waals surface area (Å²) < 4.78 is 44.8. The van der Waals surface area contributed by atoms with Gasteiger partial charge in [0.2, 0.25) is 5.91 Å². The third kappa shape index (κ3) is 6.01. The van der Waals surface area contributed by atoms with Crippen LogP contribution >= 0.6 is 0 Å². The number of non-ortho nitro benzene ring substituents is 1. The van der Waals surface area contributed by atoms with Crippen LogP contribution in [0, 0.1) is 10.1 Å². The molecule has 1 fully saturated rings. The number of nitro groups is 1. The van der Waals surface area contributed by atoms with Crippen molar-refractivity contribution in [3.63, 3.8) is 0 Å². The van der Waals surface area contributed by atoms with E-state index in [9.17, 15) is 32.9 Å². The first-order valence-corrected chi connectivity index (χ1v) is 10.4. The van der Waals surface area contributed by atoms with Gasteiger partial charge in [-0.1, -0.05) is 12.1 Å². The van der Waals surface area contributed by atoms with Crippen LogP contribution in [0.25, 0.3) is 0 Å². The first-order chi connectivity index (χ1) is 16.1. The molecule has 1 aliphatic heterocycles. The Kier molecular flexibility index (Phi) is 7.72. The number of nitro benzene ring substituents is 1. The molecule has 2 amide bonds. The highest BCUT2D eigenvalue weighted by Gasteiger charge is 2.36. The molecular formula is C22H23F3N4O5. The molecular weight excluding hydrogens is 457 g/mol. The van der Waals surface area contributed by atoms with Gasteiger partial charge in [0, 0.05) is 51.3 Å². The first kappa shape index (κ1) is 25.0. The number of halogens is 3. The van der Waals surface area contributed by atoms with Gasteiger partial charge in [0.25, 0.3) is 11.6 Å². The van der Waals surface area contributed by atoms with Gasteiger partial charge in [0.1, 0.15) is 5.75 Å². The van der Waals surface area contributed by atoms with Crippen LogP contribution in [0.1, 0.15) is 22.3 Å². The fraction of sp³-hybridized carbons (Fsp3) is 0.364. The number of anilines is 1. The van der Waals surface area contributed by atoms with E-state index in [1.165, 1.54) is 48.4 Å². The minimum atomic E-state index is -4.62. The van der Waals surface area contributed by atoms with Crippen molar-refractivity contribution in [1.82, 2.24) is 9.80 Å². The van der Waals surface area contributed by atoms with E-state index in [-0.39, 0.29) is 48.1 Å². The van der Waals surface area contributed by atoms with Gasteiger partial charge < -0.3 is 15.0 Å². The summed E-state index contributed by atoms with van der Waals surface area (Å²) >= 11 is 0. The van der Waals surface area contributed by atoms with Gasteiger partial charge in [-0.15, -0.1) is 0 Å². The summed E-state index contributed by atoms with van der Waals surface area (Å²) in [6, 6.07) is 8.56. The van der Waals surface area contributed by atoms with Crippen molar-refractivity contribution in [3.8, 4) is 5.75 Å². The number of rotatable bonds is 7. The zero-order valence-corrected chi connectivity index (χ0v) is 18.3. The number of hydrogen-bond acceptors (Lipinski definition) is 6. The Hall–Kier alpha value is -3.67. The van der Waals surface area contributed by atoms with Gasteiger partial charge in [-0.25, -0.2) is 0 Å². The summed E-state index contributed by atoms with van der Waals surface area (Å²) in [5.74, 6) is -0.773. The van der Waals surface area contributed by atoms with Crippen LogP contribution in [0.5, 0.6) is 5.75 Å². The first-order valence-electron chi connectivity index (χ1n) is 10.4. The van der Waals surface area contributed by atoms with E-state index in [1.54, 1.807) is 0 Å².